The summed E-state index contributed by atoms with van der Waals surface area (Å²) in [6.45, 7) is 1.35. The molecule has 3 rings (SSSR count). The van der Waals surface area contributed by atoms with Gasteiger partial charge in [0.15, 0.2) is 4.77 Å². The first-order valence-electron chi connectivity index (χ1n) is 7.33. The van der Waals surface area contributed by atoms with Crippen molar-refractivity contribution in [3.8, 4) is 0 Å². The van der Waals surface area contributed by atoms with Crippen LogP contribution < -0.4 is 0 Å². The van der Waals surface area contributed by atoms with Crippen LogP contribution in [0, 0.1) is 4.77 Å². The van der Waals surface area contributed by atoms with Crippen LogP contribution in [0.5, 0.6) is 0 Å². The Balaban J connectivity index is 1.83. The van der Waals surface area contributed by atoms with Crippen LogP contribution in [0.4, 0.5) is 0 Å². The van der Waals surface area contributed by atoms with Crippen molar-refractivity contribution in [3.63, 3.8) is 0 Å². The third-order valence-electron chi connectivity index (χ3n) is 4.15. The standard InChI is InChI=1S/C15H16BrClN4OS/c1-20-13(18-19-15(20)23)9-3-2-6-21(8-9)14(22)11-7-10(16)4-5-12(11)17/h4-5,7,9H,2-3,6,8H2,1H3,(H,19,23). The maximum Gasteiger partial charge on any atom is 0.255 e. The highest BCUT2D eigenvalue weighted by Crippen LogP contribution is 2.28. The molecule has 122 valence electrons. The number of carbonyl (C=O) groups excluding carboxylic acids is 1. The number of likely N-dealkylation sites (tertiary alicyclic amines) is 1. The maximum atomic E-state index is 12.8. The van der Waals surface area contributed by atoms with Crippen molar-refractivity contribution in [2.24, 2.45) is 7.05 Å². The molecule has 8 heteroatoms. The second-order valence-electron chi connectivity index (χ2n) is 5.66. The molecule has 1 N–H and O–H groups in total. The molecule has 2 heterocycles. The summed E-state index contributed by atoms with van der Waals surface area (Å²) in [6, 6.07) is 5.33. The number of piperidine rings is 1. The van der Waals surface area contributed by atoms with E-state index in [0.29, 0.717) is 21.9 Å². The number of H-pyrrole nitrogens is 1. The van der Waals surface area contributed by atoms with E-state index in [4.69, 9.17) is 23.8 Å². The highest BCUT2D eigenvalue weighted by molar-refractivity contribution is 9.10. The Hall–Kier alpha value is -1.18. The average Bonchev–Trinajstić information content (AvgIpc) is 2.89. The number of hydrogen-bond donors (Lipinski definition) is 1. The normalized spacial score (nSPS) is 18.2. The Kier molecular flexibility index (Phi) is 4.89. The number of amides is 1. The van der Waals surface area contributed by atoms with Gasteiger partial charge in [0.2, 0.25) is 0 Å². The van der Waals surface area contributed by atoms with Crippen LogP contribution >= 0.6 is 39.7 Å². The van der Waals surface area contributed by atoms with Crippen LogP contribution in [0.1, 0.15) is 34.9 Å². The molecule has 1 unspecified atom stereocenters. The van der Waals surface area contributed by atoms with Crippen LogP contribution in [0.2, 0.25) is 5.02 Å². The van der Waals surface area contributed by atoms with Crippen LogP contribution in [0.3, 0.4) is 0 Å². The zero-order valence-corrected chi connectivity index (χ0v) is 15.7. The van der Waals surface area contributed by atoms with E-state index in [2.05, 4.69) is 26.1 Å². The van der Waals surface area contributed by atoms with Crippen molar-refractivity contribution in [1.82, 2.24) is 19.7 Å². The van der Waals surface area contributed by atoms with E-state index in [0.717, 1.165) is 29.7 Å². The van der Waals surface area contributed by atoms with Crippen LogP contribution in [0.25, 0.3) is 0 Å². The third kappa shape index (κ3) is 3.36. The van der Waals surface area contributed by atoms with Gasteiger partial charge < -0.3 is 9.47 Å². The molecule has 23 heavy (non-hydrogen) atoms. The summed E-state index contributed by atoms with van der Waals surface area (Å²) in [6.07, 6.45) is 1.92. The number of hydrogen-bond acceptors (Lipinski definition) is 3. The van der Waals surface area contributed by atoms with Crippen LogP contribution in [0.15, 0.2) is 22.7 Å². The number of nitrogens with zero attached hydrogens (tertiary/aromatic N) is 3. The first kappa shape index (κ1) is 16.7. The summed E-state index contributed by atoms with van der Waals surface area (Å²) in [5.41, 5.74) is 0.525. The van der Waals surface area contributed by atoms with Crippen molar-refractivity contribution in [3.05, 3.63) is 43.9 Å². The predicted octanol–water partition coefficient (Wildman–Crippen LogP) is 3.91. The predicted molar refractivity (Wildman–Crippen MR) is 95.4 cm³/mol. The molecule has 0 radical (unpaired) electrons. The second kappa shape index (κ2) is 6.75. The molecule has 1 atom stereocenters. The largest absolute Gasteiger partial charge is 0.338 e. The summed E-state index contributed by atoms with van der Waals surface area (Å²) in [7, 11) is 1.90. The van der Waals surface area contributed by atoms with Crippen molar-refractivity contribution in [2.45, 2.75) is 18.8 Å². The summed E-state index contributed by atoms with van der Waals surface area (Å²) in [4.78, 5) is 14.7. The minimum Gasteiger partial charge on any atom is -0.338 e. The van der Waals surface area contributed by atoms with Crippen molar-refractivity contribution >= 4 is 45.7 Å². The number of aromatic amines is 1. The Bertz CT molecular complexity index is 803. The fourth-order valence-corrected chi connectivity index (χ4v) is 3.63. The number of aromatic nitrogens is 3. The number of benzene rings is 1. The Morgan fingerprint density at radius 1 is 1.52 bits per heavy atom. The molecule has 1 aromatic heterocycles. The van der Waals surface area contributed by atoms with E-state index in [1.165, 1.54) is 0 Å². The fourth-order valence-electron chi connectivity index (χ4n) is 2.93. The van der Waals surface area contributed by atoms with Crippen LogP contribution in [-0.4, -0.2) is 38.7 Å². The van der Waals surface area contributed by atoms with Gasteiger partial charge in [0.05, 0.1) is 10.6 Å². The monoisotopic (exact) mass is 414 g/mol. The summed E-state index contributed by atoms with van der Waals surface area (Å²) in [5, 5.41) is 7.59. The highest BCUT2D eigenvalue weighted by atomic mass is 79.9. The molecule has 0 aliphatic carbocycles. The molecule has 0 saturated carbocycles. The average molecular weight is 416 g/mol. The van der Waals surface area contributed by atoms with Gasteiger partial charge in [0.25, 0.3) is 5.91 Å². The molecule has 0 bridgehead atoms. The smallest absolute Gasteiger partial charge is 0.255 e. The van der Waals surface area contributed by atoms with Crippen LogP contribution in [-0.2, 0) is 7.05 Å². The number of halogens is 2. The van der Waals surface area contributed by atoms with Gasteiger partial charge >= 0.3 is 0 Å². The van der Waals surface area contributed by atoms with E-state index < -0.39 is 0 Å². The van der Waals surface area contributed by atoms with Gasteiger partial charge in [-0.15, -0.1) is 0 Å². The molecule has 1 aliphatic heterocycles. The number of rotatable bonds is 2. The minimum absolute atomic E-state index is 0.0437. The van der Waals surface area contributed by atoms with E-state index in [-0.39, 0.29) is 11.8 Å². The summed E-state index contributed by atoms with van der Waals surface area (Å²) < 4.78 is 3.31. The van der Waals surface area contributed by atoms with Gasteiger partial charge in [-0.1, -0.05) is 27.5 Å². The molecule has 1 fully saturated rings. The summed E-state index contributed by atoms with van der Waals surface area (Å²) >= 11 is 14.8. The molecule has 5 nitrogen and oxygen atoms in total. The van der Waals surface area contributed by atoms with Crippen molar-refractivity contribution < 1.29 is 4.79 Å². The molecular formula is C15H16BrClN4OS. The number of carbonyl (C=O) groups is 1. The van der Waals surface area contributed by atoms with Gasteiger partial charge in [-0.25, -0.2) is 0 Å². The Labute approximate surface area is 152 Å². The molecule has 1 aromatic carbocycles. The lowest BCUT2D eigenvalue weighted by Gasteiger charge is -2.32. The first-order chi connectivity index (χ1) is 11.0. The van der Waals surface area contributed by atoms with Crippen molar-refractivity contribution in [1.29, 1.82) is 0 Å². The van der Waals surface area contributed by atoms with Gasteiger partial charge in [-0.05, 0) is 43.3 Å². The third-order valence-corrected chi connectivity index (χ3v) is 5.33. The lowest BCUT2D eigenvalue weighted by atomic mass is 9.96. The van der Waals surface area contributed by atoms with Gasteiger partial charge in [-0.2, -0.15) is 5.10 Å². The lowest BCUT2D eigenvalue weighted by molar-refractivity contribution is 0.0703. The molecule has 1 saturated heterocycles. The Morgan fingerprint density at radius 3 is 3.00 bits per heavy atom. The zero-order valence-electron chi connectivity index (χ0n) is 12.6. The Morgan fingerprint density at radius 2 is 2.30 bits per heavy atom. The van der Waals surface area contributed by atoms with Gasteiger partial charge in [0.1, 0.15) is 5.82 Å². The van der Waals surface area contributed by atoms with Gasteiger partial charge in [-0.3, -0.25) is 9.89 Å². The molecule has 2 aromatic rings. The van der Waals surface area contributed by atoms with E-state index in [1.54, 1.807) is 12.1 Å². The topological polar surface area (TPSA) is 53.9 Å². The quantitative estimate of drug-likeness (QED) is 0.757. The summed E-state index contributed by atoms with van der Waals surface area (Å²) in [5.74, 6) is 1.03. The second-order valence-corrected chi connectivity index (χ2v) is 7.37. The lowest BCUT2D eigenvalue weighted by Crippen LogP contribution is -2.39. The maximum absolute atomic E-state index is 12.8. The fraction of sp³-hybridized carbons (Fsp3) is 0.400. The van der Waals surface area contributed by atoms with Gasteiger partial charge in [0, 0.05) is 30.5 Å². The van der Waals surface area contributed by atoms with E-state index >= 15 is 0 Å². The molecule has 1 amide bonds. The molecule has 1 aliphatic rings. The van der Waals surface area contributed by atoms with E-state index in [9.17, 15) is 4.79 Å². The van der Waals surface area contributed by atoms with Crippen molar-refractivity contribution in [2.75, 3.05) is 13.1 Å². The highest BCUT2D eigenvalue weighted by Gasteiger charge is 2.29. The molecule has 0 spiro atoms. The zero-order chi connectivity index (χ0) is 16.6. The SMILES string of the molecule is Cn1c(C2CCCN(C(=O)c3cc(Br)ccc3Cl)C2)n[nH]c1=S. The minimum atomic E-state index is -0.0437. The molecular weight excluding hydrogens is 400 g/mol. The van der Waals surface area contributed by atoms with E-state index in [1.807, 2.05) is 22.6 Å². The number of nitrogens with one attached hydrogen (secondary N) is 1. The first-order valence-corrected chi connectivity index (χ1v) is 8.91.